The Morgan fingerprint density at radius 3 is 2.45 bits per heavy atom. The molecule has 0 aliphatic carbocycles. The molecule has 4 aliphatic heterocycles. The number of likely N-dealkylation sites (tertiary alicyclic amines) is 1. The highest BCUT2D eigenvalue weighted by atomic mass is 35.5. The van der Waals surface area contributed by atoms with Crippen molar-refractivity contribution in [2.75, 3.05) is 36.6 Å². The second-order valence-corrected chi connectivity index (χ2v) is 20.3. The molecule has 3 saturated heterocycles. The van der Waals surface area contributed by atoms with Crippen LogP contribution in [0.2, 0.25) is 23.7 Å². The molecule has 5 atom stereocenters. The van der Waals surface area contributed by atoms with Gasteiger partial charge in [0, 0.05) is 41.7 Å². The molecule has 1 N–H and O–H groups in total. The predicted octanol–water partition coefficient (Wildman–Crippen LogP) is 6.00. The fourth-order valence-electron chi connectivity index (χ4n) is 9.33. The van der Waals surface area contributed by atoms with E-state index >= 15 is 4.79 Å². The smallest absolute Gasteiger partial charge is 0.264 e. The van der Waals surface area contributed by atoms with Crippen molar-refractivity contribution >= 4 is 54.0 Å². The number of hydrogen-bond acceptors (Lipinski definition) is 6. The number of halogens is 1. The van der Waals surface area contributed by atoms with Gasteiger partial charge in [-0.15, -0.1) is 0 Å². The number of hydrogen-bond donors (Lipinski definition) is 1. The summed E-state index contributed by atoms with van der Waals surface area (Å²) in [7, 11) is -0.809. The lowest BCUT2D eigenvalue weighted by Gasteiger charge is -2.37. The number of nitrogens with zero attached hydrogens (tertiary/aromatic N) is 3. The summed E-state index contributed by atoms with van der Waals surface area (Å²) in [5.74, 6) is 0.424. The predicted molar refractivity (Wildman–Crippen MR) is 201 cm³/mol. The molecule has 9 nitrogen and oxygen atoms in total. The van der Waals surface area contributed by atoms with Gasteiger partial charge in [-0.05, 0) is 79.3 Å². The standard InChI is InChI=1S/C40H48ClN3O6Si/c1-26-38(51(3,4)32-17-15-31(49-2)16-18-32)35(23-37(47)43-21-7-8-30(43)25-45)50-40(26)33-22-28(41)12-19-34(33)44(39(40)48)24-27-10-13-29(14-11-27)42-20-6-5-9-36(42)46/h10-19,22,26,30,35,38,45H,5-9,20-21,23-25H2,1-4H3/t26-,30-,35+,38-,40+/m0/s1. The Bertz CT molecular complexity index is 1800. The number of methoxy groups -OCH3 is 1. The first-order chi connectivity index (χ1) is 24.5. The summed E-state index contributed by atoms with van der Waals surface area (Å²) >= 11 is 6.68. The summed E-state index contributed by atoms with van der Waals surface area (Å²) in [4.78, 5) is 47.1. The third-order valence-corrected chi connectivity index (χ3v) is 16.6. The number of amides is 3. The van der Waals surface area contributed by atoms with Gasteiger partial charge in [-0.2, -0.15) is 0 Å². The maximum atomic E-state index is 15.1. The van der Waals surface area contributed by atoms with Crippen molar-refractivity contribution in [3.63, 3.8) is 0 Å². The first-order valence-corrected chi connectivity index (χ1v) is 21.7. The topological polar surface area (TPSA) is 99.6 Å². The number of carbonyl (C=O) groups excluding carboxylic acids is 3. The molecule has 3 fully saturated rings. The maximum absolute atomic E-state index is 15.1. The van der Waals surface area contributed by atoms with E-state index in [9.17, 15) is 14.7 Å². The maximum Gasteiger partial charge on any atom is 0.264 e. The molecule has 0 unspecified atom stereocenters. The van der Waals surface area contributed by atoms with Gasteiger partial charge < -0.3 is 29.3 Å². The SMILES string of the molecule is COc1ccc([Si](C)(C)[C@@H]2[C@@H](CC(=O)N3CCC[C@H]3CO)O[C@]3(C(=O)N(Cc4ccc(N5CCCCC5=O)cc4)c4ccc(Cl)cc43)[C@H]2C)cc1. The minimum atomic E-state index is -2.46. The third-order valence-electron chi connectivity index (χ3n) is 12.0. The van der Waals surface area contributed by atoms with E-state index in [1.54, 1.807) is 23.0 Å². The van der Waals surface area contributed by atoms with Crippen LogP contribution in [0.1, 0.15) is 56.6 Å². The quantitative estimate of drug-likeness (QED) is 0.272. The highest BCUT2D eigenvalue weighted by Crippen LogP contribution is 2.60. The second kappa shape index (κ2) is 14.0. The van der Waals surface area contributed by atoms with Crippen LogP contribution in [0.5, 0.6) is 5.75 Å². The van der Waals surface area contributed by atoms with Gasteiger partial charge in [0.05, 0.1) is 52.6 Å². The van der Waals surface area contributed by atoms with E-state index in [1.807, 2.05) is 53.4 Å². The number of anilines is 2. The molecule has 0 bridgehead atoms. The number of aliphatic hydroxyl groups excluding tert-OH is 1. The number of fused-ring (bicyclic) bond motifs is 2. The normalized spacial score (nSPS) is 26.4. The molecule has 270 valence electrons. The molecule has 7 rings (SSSR count). The number of benzene rings is 3. The van der Waals surface area contributed by atoms with E-state index in [-0.39, 0.29) is 48.3 Å². The van der Waals surface area contributed by atoms with Crippen molar-refractivity contribution in [2.24, 2.45) is 5.92 Å². The number of piperidine rings is 1. The van der Waals surface area contributed by atoms with E-state index in [0.29, 0.717) is 31.1 Å². The zero-order chi connectivity index (χ0) is 36.1. The van der Waals surface area contributed by atoms with E-state index in [1.165, 1.54) is 5.19 Å². The second-order valence-electron chi connectivity index (χ2n) is 15.1. The van der Waals surface area contributed by atoms with E-state index < -0.39 is 19.8 Å². The third kappa shape index (κ3) is 6.17. The fraction of sp³-hybridized carbons (Fsp3) is 0.475. The van der Waals surface area contributed by atoms with Crippen LogP contribution < -0.4 is 19.7 Å². The Balaban J connectivity index is 1.25. The van der Waals surface area contributed by atoms with Crippen LogP contribution in [0, 0.1) is 5.92 Å². The molecule has 3 aromatic rings. The zero-order valence-corrected chi connectivity index (χ0v) is 31.7. The van der Waals surface area contributed by atoms with Crippen molar-refractivity contribution < 1.29 is 29.0 Å². The Labute approximate surface area is 306 Å². The van der Waals surface area contributed by atoms with Crippen LogP contribution in [-0.4, -0.2) is 74.8 Å². The zero-order valence-electron chi connectivity index (χ0n) is 29.9. The van der Waals surface area contributed by atoms with E-state index in [2.05, 4.69) is 32.2 Å². The minimum Gasteiger partial charge on any atom is -0.497 e. The van der Waals surface area contributed by atoms with Crippen LogP contribution in [0.25, 0.3) is 0 Å². The van der Waals surface area contributed by atoms with E-state index in [4.69, 9.17) is 21.1 Å². The Morgan fingerprint density at radius 1 is 1.02 bits per heavy atom. The molecule has 51 heavy (non-hydrogen) atoms. The lowest BCUT2D eigenvalue weighted by atomic mass is 9.82. The van der Waals surface area contributed by atoms with Gasteiger partial charge in [0.1, 0.15) is 5.75 Å². The van der Waals surface area contributed by atoms with Crippen LogP contribution in [0.4, 0.5) is 11.4 Å². The molecule has 0 radical (unpaired) electrons. The summed E-state index contributed by atoms with van der Waals surface area (Å²) in [5.41, 5.74) is 1.84. The van der Waals surface area contributed by atoms with Gasteiger partial charge in [-0.25, -0.2) is 0 Å². The van der Waals surface area contributed by atoms with Crippen molar-refractivity contribution in [3.05, 3.63) is 82.9 Å². The average Bonchev–Trinajstić information content (AvgIpc) is 3.79. The van der Waals surface area contributed by atoms with Crippen molar-refractivity contribution in [1.29, 1.82) is 0 Å². The van der Waals surface area contributed by atoms with Gasteiger partial charge in [0.25, 0.3) is 5.91 Å². The number of rotatable bonds is 9. The molecule has 4 aliphatic rings. The van der Waals surface area contributed by atoms with Crippen molar-refractivity contribution in [2.45, 2.75) is 88.4 Å². The van der Waals surface area contributed by atoms with Gasteiger partial charge >= 0.3 is 0 Å². The minimum absolute atomic E-state index is 0.0498. The Hall–Kier alpha value is -3.70. The highest BCUT2D eigenvalue weighted by Gasteiger charge is 2.66. The first-order valence-electron chi connectivity index (χ1n) is 18.2. The molecule has 0 saturated carbocycles. The molecule has 3 aromatic carbocycles. The van der Waals surface area contributed by atoms with E-state index in [0.717, 1.165) is 53.9 Å². The van der Waals surface area contributed by atoms with Gasteiger partial charge in [0.2, 0.25) is 11.8 Å². The summed E-state index contributed by atoms with van der Waals surface area (Å²) in [6.07, 6.45) is 3.70. The largest absolute Gasteiger partial charge is 0.497 e. The summed E-state index contributed by atoms with van der Waals surface area (Å²) in [6.45, 7) is 8.28. The van der Waals surface area contributed by atoms with Crippen LogP contribution in [-0.2, 0) is 31.3 Å². The fourth-order valence-corrected chi connectivity index (χ4v) is 13.5. The monoisotopic (exact) mass is 729 g/mol. The number of carbonyl (C=O) groups is 3. The molecule has 11 heteroatoms. The molecule has 4 heterocycles. The number of ether oxygens (including phenoxy) is 2. The van der Waals surface area contributed by atoms with Crippen LogP contribution >= 0.6 is 11.6 Å². The summed E-state index contributed by atoms with van der Waals surface area (Å²) in [6, 6.07) is 21.4. The lowest BCUT2D eigenvalue weighted by Crippen LogP contribution is -2.52. The molecular formula is C40H48ClN3O6Si. The molecule has 0 aromatic heterocycles. The highest BCUT2D eigenvalue weighted by molar-refractivity contribution is 6.91. The van der Waals surface area contributed by atoms with Crippen LogP contribution in [0.3, 0.4) is 0 Å². The van der Waals surface area contributed by atoms with Crippen LogP contribution in [0.15, 0.2) is 66.7 Å². The summed E-state index contributed by atoms with van der Waals surface area (Å²) in [5, 5.41) is 11.7. The molecule has 3 amide bonds. The van der Waals surface area contributed by atoms with Crippen molar-refractivity contribution in [3.8, 4) is 5.75 Å². The number of aliphatic hydroxyl groups is 1. The van der Waals surface area contributed by atoms with Crippen molar-refractivity contribution in [1.82, 2.24) is 4.90 Å². The Morgan fingerprint density at radius 2 is 1.76 bits per heavy atom. The van der Waals surface area contributed by atoms with Gasteiger partial charge in [-0.1, -0.05) is 61.1 Å². The average molecular weight is 730 g/mol. The van der Waals surface area contributed by atoms with Gasteiger partial charge in [-0.3, -0.25) is 14.4 Å². The first kappa shape index (κ1) is 35.7. The van der Waals surface area contributed by atoms with Gasteiger partial charge in [0.15, 0.2) is 5.60 Å². The Kier molecular flexibility index (Phi) is 9.81. The lowest BCUT2D eigenvalue weighted by molar-refractivity contribution is -0.150. The molecule has 1 spiro atoms. The summed E-state index contributed by atoms with van der Waals surface area (Å²) < 4.78 is 12.6. The molecular weight excluding hydrogens is 682 g/mol.